The Morgan fingerprint density at radius 3 is 2.15 bits per heavy atom. The molecule has 6 aliphatic rings. The summed E-state index contributed by atoms with van der Waals surface area (Å²) in [4.78, 5) is 20.1. The highest BCUT2D eigenvalue weighted by Crippen LogP contribution is 2.53. The third kappa shape index (κ3) is 3.68. The molecule has 5 heteroatoms. The molecular weight excluding hydrogens is 422 g/mol. The molecule has 0 spiro atoms. The first-order valence-electron chi connectivity index (χ1n) is 13.5. The molecule has 2 aromatic rings. The van der Waals surface area contributed by atoms with E-state index in [1.807, 2.05) is 30.3 Å². The molecule has 2 aliphatic heterocycles. The summed E-state index contributed by atoms with van der Waals surface area (Å²) in [5.41, 5.74) is 2.05. The van der Waals surface area contributed by atoms with E-state index in [0.717, 1.165) is 36.1 Å². The van der Waals surface area contributed by atoms with Gasteiger partial charge < -0.3 is 15.0 Å². The fraction of sp³-hybridized carbons (Fsp3) is 0.586. The monoisotopic (exact) mass is 457 g/mol. The van der Waals surface area contributed by atoms with E-state index in [2.05, 4.69) is 27.3 Å². The van der Waals surface area contributed by atoms with E-state index >= 15 is 0 Å². The average molecular weight is 458 g/mol. The van der Waals surface area contributed by atoms with Crippen molar-refractivity contribution < 1.29 is 9.53 Å². The lowest BCUT2D eigenvalue weighted by molar-refractivity contribution is -0.0119. The summed E-state index contributed by atoms with van der Waals surface area (Å²) in [5, 5.41) is 3.46. The standard InChI is InChI=1S/C29H35N3O2/c33-29(31-28-21-12-18-11-19(14-21)15-22(28)13-18)20-4-6-23(7-5-20)32-24-8-9-25(32)17-26(16-24)34-27-3-1-2-10-30-27/h1-7,10,18-19,21-22,24-26,28H,8-9,11-17H2,(H,31,33)/t18?,19?,21?,22?,24-,25+,26?,28?. The second-order valence-electron chi connectivity index (χ2n) is 11.6. The summed E-state index contributed by atoms with van der Waals surface area (Å²) in [5.74, 6) is 4.14. The molecule has 1 aromatic heterocycles. The summed E-state index contributed by atoms with van der Waals surface area (Å²) < 4.78 is 6.19. The maximum absolute atomic E-state index is 13.1. The molecule has 3 atom stereocenters. The maximum Gasteiger partial charge on any atom is 0.251 e. The number of pyridine rings is 1. The molecule has 6 bridgehead atoms. The Bertz CT molecular complexity index is 997. The molecule has 8 rings (SSSR count). The first kappa shape index (κ1) is 20.8. The van der Waals surface area contributed by atoms with Gasteiger partial charge in [-0.2, -0.15) is 0 Å². The fourth-order valence-electron chi connectivity index (χ4n) is 8.41. The number of ether oxygens (including phenoxy) is 1. The van der Waals surface area contributed by atoms with Crippen LogP contribution in [0, 0.1) is 23.7 Å². The van der Waals surface area contributed by atoms with Gasteiger partial charge in [-0.3, -0.25) is 4.79 Å². The molecule has 34 heavy (non-hydrogen) atoms. The first-order valence-corrected chi connectivity index (χ1v) is 13.5. The van der Waals surface area contributed by atoms with E-state index in [-0.39, 0.29) is 12.0 Å². The van der Waals surface area contributed by atoms with Gasteiger partial charge in [-0.15, -0.1) is 0 Å². The van der Waals surface area contributed by atoms with E-state index in [9.17, 15) is 4.79 Å². The van der Waals surface area contributed by atoms with E-state index in [0.29, 0.717) is 30.0 Å². The highest BCUT2D eigenvalue weighted by atomic mass is 16.5. The molecule has 3 heterocycles. The summed E-state index contributed by atoms with van der Waals surface area (Å²) in [7, 11) is 0. The zero-order valence-corrected chi connectivity index (χ0v) is 19.8. The summed E-state index contributed by atoms with van der Waals surface area (Å²) >= 11 is 0. The summed E-state index contributed by atoms with van der Waals surface area (Å²) in [6.45, 7) is 0. The molecule has 1 aromatic carbocycles. The predicted octanol–water partition coefficient (Wildman–Crippen LogP) is 5.21. The minimum Gasteiger partial charge on any atom is -0.474 e. The largest absolute Gasteiger partial charge is 0.474 e. The van der Waals surface area contributed by atoms with Gasteiger partial charge in [0.2, 0.25) is 5.88 Å². The molecule has 178 valence electrons. The van der Waals surface area contributed by atoms with Gasteiger partial charge in [0.25, 0.3) is 5.91 Å². The normalized spacial score (nSPS) is 37.6. The van der Waals surface area contributed by atoms with Gasteiger partial charge in [-0.05, 0) is 98.9 Å². The van der Waals surface area contributed by atoms with Crippen molar-refractivity contribution in [1.29, 1.82) is 0 Å². The number of rotatable bonds is 5. The first-order chi connectivity index (χ1) is 16.7. The van der Waals surface area contributed by atoms with E-state index in [1.54, 1.807) is 6.20 Å². The number of carbonyl (C=O) groups is 1. The van der Waals surface area contributed by atoms with E-state index in [1.165, 1.54) is 50.6 Å². The Balaban J connectivity index is 1.00. The molecule has 6 fully saturated rings. The van der Waals surface area contributed by atoms with E-state index < -0.39 is 0 Å². The molecule has 0 radical (unpaired) electrons. The Hall–Kier alpha value is -2.56. The van der Waals surface area contributed by atoms with Gasteiger partial charge in [-0.25, -0.2) is 4.98 Å². The van der Waals surface area contributed by atoms with Crippen LogP contribution in [0.15, 0.2) is 48.7 Å². The number of anilines is 1. The van der Waals surface area contributed by atoms with Crippen LogP contribution in [0.2, 0.25) is 0 Å². The Morgan fingerprint density at radius 1 is 0.853 bits per heavy atom. The van der Waals surface area contributed by atoms with Crippen LogP contribution < -0.4 is 15.0 Å². The van der Waals surface area contributed by atoms with Crippen molar-refractivity contribution in [1.82, 2.24) is 10.3 Å². The van der Waals surface area contributed by atoms with Crippen LogP contribution in [-0.2, 0) is 0 Å². The van der Waals surface area contributed by atoms with Crippen LogP contribution in [0.5, 0.6) is 5.88 Å². The molecule has 4 saturated carbocycles. The van der Waals surface area contributed by atoms with Crippen LogP contribution in [0.3, 0.4) is 0 Å². The van der Waals surface area contributed by atoms with Crippen LogP contribution in [-0.4, -0.2) is 35.1 Å². The van der Waals surface area contributed by atoms with Crippen LogP contribution in [0.4, 0.5) is 5.69 Å². The van der Waals surface area contributed by atoms with E-state index in [4.69, 9.17) is 4.74 Å². The number of aromatic nitrogens is 1. The number of amides is 1. The van der Waals surface area contributed by atoms with Crippen LogP contribution >= 0.6 is 0 Å². The summed E-state index contributed by atoms with van der Waals surface area (Å²) in [6.07, 6.45) is 13.3. The fourth-order valence-corrected chi connectivity index (χ4v) is 8.41. The van der Waals surface area contributed by atoms with Gasteiger partial charge in [-0.1, -0.05) is 6.07 Å². The van der Waals surface area contributed by atoms with Gasteiger partial charge in [0.15, 0.2) is 0 Å². The van der Waals surface area contributed by atoms with Gasteiger partial charge in [0.05, 0.1) is 0 Å². The molecule has 1 unspecified atom stereocenters. The SMILES string of the molecule is O=C(NC1C2CC3CC(C2)CC1C3)c1ccc(N2[C@@H]3CC[C@H]2CC(Oc2ccccn2)C3)cc1. The van der Waals surface area contributed by atoms with Gasteiger partial charge >= 0.3 is 0 Å². The molecule has 4 aliphatic carbocycles. The number of benzene rings is 1. The lowest BCUT2D eigenvalue weighted by Gasteiger charge is -2.54. The lowest BCUT2D eigenvalue weighted by Crippen LogP contribution is -2.55. The van der Waals surface area contributed by atoms with Crippen molar-refractivity contribution in [2.45, 2.75) is 82.0 Å². The number of nitrogens with zero attached hydrogens (tertiary/aromatic N) is 2. The molecule has 1 N–H and O–H groups in total. The smallest absolute Gasteiger partial charge is 0.251 e. The van der Waals surface area contributed by atoms with Crippen molar-refractivity contribution in [2.75, 3.05) is 4.90 Å². The topological polar surface area (TPSA) is 54.5 Å². The maximum atomic E-state index is 13.1. The van der Waals surface area contributed by atoms with Crippen molar-refractivity contribution in [2.24, 2.45) is 23.7 Å². The minimum absolute atomic E-state index is 0.120. The lowest BCUT2D eigenvalue weighted by atomic mass is 9.54. The highest BCUT2D eigenvalue weighted by molar-refractivity contribution is 5.94. The molecule has 1 amide bonds. The van der Waals surface area contributed by atoms with Crippen LogP contribution in [0.25, 0.3) is 0 Å². The third-order valence-electron chi connectivity index (χ3n) is 9.57. The highest BCUT2D eigenvalue weighted by Gasteiger charge is 2.48. The minimum atomic E-state index is 0.120. The number of hydrogen-bond acceptors (Lipinski definition) is 4. The molecule has 2 saturated heterocycles. The number of fused-ring (bicyclic) bond motifs is 2. The number of carbonyl (C=O) groups excluding carboxylic acids is 1. The number of piperidine rings is 1. The second kappa shape index (κ2) is 8.28. The number of nitrogens with one attached hydrogen (secondary N) is 1. The van der Waals surface area contributed by atoms with Crippen molar-refractivity contribution in [3.05, 3.63) is 54.2 Å². The second-order valence-corrected chi connectivity index (χ2v) is 11.6. The van der Waals surface area contributed by atoms with Crippen molar-refractivity contribution in [3.8, 4) is 5.88 Å². The third-order valence-corrected chi connectivity index (χ3v) is 9.57. The molecular formula is C29H35N3O2. The zero-order valence-electron chi connectivity index (χ0n) is 19.8. The summed E-state index contributed by atoms with van der Waals surface area (Å²) in [6, 6.07) is 15.6. The van der Waals surface area contributed by atoms with Crippen LogP contribution in [0.1, 0.15) is 68.1 Å². The Labute approximate surface area is 202 Å². The van der Waals surface area contributed by atoms with Gasteiger partial charge in [0.1, 0.15) is 6.10 Å². The Kier molecular flexibility index (Phi) is 5.06. The quantitative estimate of drug-likeness (QED) is 0.669. The van der Waals surface area contributed by atoms with Crippen molar-refractivity contribution >= 4 is 11.6 Å². The predicted molar refractivity (Wildman–Crippen MR) is 132 cm³/mol. The van der Waals surface area contributed by atoms with Crippen molar-refractivity contribution in [3.63, 3.8) is 0 Å². The Morgan fingerprint density at radius 2 is 1.53 bits per heavy atom. The zero-order chi connectivity index (χ0) is 22.6. The number of hydrogen-bond donors (Lipinski definition) is 1. The average Bonchev–Trinajstić information content (AvgIpc) is 3.11. The van der Waals surface area contributed by atoms with Gasteiger partial charge in [0, 0.05) is 54.5 Å². The molecule has 5 nitrogen and oxygen atoms in total.